The van der Waals surface area contributed by atoms with Crippen molar-refractivity contribution in [3.8, 4) is 44.8 Å². The van der Waals surface area contributed by atoms with E-state index in [1.54, 1.807) is 0 Å². The Bertz CT molecular complexity index is 7430. The first-order valence-electron chi connectivity index (χ1n) is 39.4. The van der Waals surface area contributed by atoms with Crippen LogP contribution in [0.5, 0.6) is 0 Å². The number of furan rings is 2. The number of anilines is 12. The van der Waals surface area contributed by atoms with E-state index in [0.29, 0.717) is 0 Å². The first kappa shape index (κ1) is 67.3. The van der Waals surface area contributed by atoms with Crippen molar-refractivity contribution in [1.82, 2.24) is 9.13 Å². The summed E-state index contributed by atoms with van der Waals surface area (Å²) in [5.41, 5.74) is 29.4. The third-order valence-electron chi connectivity index (χ3n) is 22.8. The van der Waals surface area contributed by atoms with Crippen molar-refractivity contribution in [2.75, 3.05) is 19.6 Å². The van der Waals surface area contributed by atoms with Gasteiger partial charge in [-0.15, -0.1) is 0 Å². The lowest BCUT2D eigenvalue weighted by Gasteiger charge is -2.28. The number of benzene rings is 18. The molecule has 4 heterocycles. The smallest absolute Gasteiger partial charge is 0.137 e. The summed E-state index contributed by atoms with van der Waals surface area (Å²) in [5, 5.41) is 9.16. The number of hydrogen-bond acceptors (Lipinski definition) is 6. The van der Waals surface area contributed by atoms with Gasteiger partial charge in [0.25, 0.3) is 0 Å². The first-order chi connectivity index (χ1) is 57.5. The van der Waals surface area contributed by atoms with Gasteiger partial charge in [-0.2, -0.15) is 0 Å². The molecule has 0 unspecified atom stereocenters. The van der Waals surface area contributed by atoms with Crippen molar-refractivity contribution in [2.24, 2.45) is 0 Å². The van der Waals surface area contributed by atoms with Crippen molar-refractivity contribution in [3.05, 3.63) is 437 Å². The predicted molar refractivity (Wildman–Crippen MR) is 485 cm³/mol. The molecule has 8 heteroatoms. The van der Waals surface area contributed by atoms with Gasteiger partial charge in [0.05, 0.1) is 22.1 Å². The van der Waals surface area contributed by atoms with Crippen molar-refractivity contribution >= 4 is 156 Å². The molecule has 0 saturated heterocycles. The maximum Gasteiger partial charge on any atom is 0.137 e. The van der Waals surface area contributed by atoms with Crippen molar-refractivity contribution in [1.29, 1.82) is 0 Å². The Morgan fingerprint density at radius 2 is 0.440 bits per heavy atom. The first-order valence-corrected chi connectivity index (χ1v) is 39.4. The van der Waals surface area contributed by atoms with Gasteiger partial charge in [0, 0.05) is 129 Å². The zero-order valence-electron chi connectivity index (χ0n) is 63.1. The van der Waals surface area contributed by atoms with Gasteiger partial charge >= 0.3 is 0 Å². The maximum atomic E-state index is 6.51. The molecule has 0 aliphatic rings. The SMILES string of the molecule is c1ccc(-c2ccc(N(c3ccc(N(c4ccccc4)c4ccc5c6ccccc6n(-c6cccc(-c7ccc(N(c8ccccc8)c8ccc(N(c9ccccc9)c9ccc%10c%11ccc(-c%12ccc%13oc%14ccccc%14c%13c%12)cc%11n(-c%11ccccc%11)c%10c9)cc8)cc7)c6)c5c4)cc3)c3ccc4c(c3)oc3ccccc34)cc2)cc1. The summed E-state index contributed by atoms with van der Waals surface area (Å²) >= 11 is 0. The van der Waals surface area contributed by atoms with Gasteiger partial charge in [0.2, 0.25) is 0 Å². The minimum Gasteiger partial charge on any atom is -0.456 e. The number of aromatic nitrogens is 2. The van der Waals surface area contributed by atoms with E-state index < -0.39 is 0 Å². The van der Waals surface area contributed by atoms with E-state index in [1.165, 1.54) is 27.1 Å². The second-order valence-corrected chi connectivity index (χ2v) is 29.6. The summed E-state index contributed by atoms with van der Waals surface area (Å²) in [6.07, 6.45) is 0. The van der Waals surface area contributed by atoms with Crippen LogP contribution in [-0.2, 0) is 0 Å². The average molecular weight is 1490 g/mol. The summed E-state index contributed by atoms with van der Waals surface area (Å²) in [6.45, 7) is 0. The molecule has 0 bridgehead atoms. The van der Waals surface area contributed by atoms with E-state index >= 15 is 0 Å². The van der Waals surface area contributed by atoms with Crippen LogP contribution in [0.4, 0.5) is 68.2 Å². The number of nitrogens with zero attached hydrogens (tertiary/aromatic N) is 6. The van der Waals surface area contributed by atoms with E-state index in [4.69, 9.17) is 8.83 Å². The monoisotopic (exact) mass is 1480 g/mol. The van der Waals surface area contributed by atoms with Crippen LogP contribution in [0.25, 0.3) is 132 Å². The van der Waals surface area contributed by atoms with Crippen molar-refractivity contribution in [2.45, 2.75) is 0 Å². The third kappa shape index (κ3) is 11.9. The highest BCUT2D eigenvalue weighted by Crippen LogP contribution is 2.48. The van der Waals surface area contributed by atoms with Gasteiger partial charge in [-0.25, -0.2) is 0 Å². The molecule has 4 aromatic heterocycles. The van der Waals surface area contributed by atoms with Crippen LogP contribution in [0.1, 0.15) is 0 Å². The summed E-state index contributed by atoms with van der Waals surface area (Å²) in [4.78, 5) is 9.40. The molecule has 0 fully saturated rings. The quantitative estimate of drug-likeness (QED) is 0.0905. The maximum absolute atomic E-state index is 6.51. The molecule has 18 aromatic carbocycles. The molecule has 0 aliphatic heterocycles. The summed E-state index contributed by atoms with van der Waals surface area (Å²) in [6, 6.07) is 157. The van der Waals surface area contributed by atoms with Gasteiger partial charge in [-0.1, -0.05) is 224 Å². The molecule has 0 atom stereocenters. The molecular weight excluding hydrogens is 1410 g/mol. The number of fused-ring (bicyclic) bond motifs is 12. The van der Waals surface area contributed by atoms with Gasteiger partial charge in [0.1, 0.15) is 22.3 Å². The molecule has 0 N–H and O–H groups in total. The van der Waals surface area contributed by atoms with E-state index in [0.717, 1.165) is 173 Å². The standard InChI is InChI=1S/C108H72N6O2/c1-6-23-73(24-7-1)74-41-47-84(48-42-74)112(92-61-65-99-97-36-17-20-39-105(97)116-108(99)72-92)88-57-55-87(56-58-88)111(81-30-12-4-13-31-81)91-59-63-95-93-35-16-19-38-101(93)114(104(95)71-91)89-34-22-25-76(67-89)75-43-49-83(50-44-75)109(79-26-8-2-9-27-79)85-51-53-86(54-52-85)110(80-28-10-3-11-29-80)90-60-64-96-94-62-45-78(69-102(94)113(103(96)70-90)82-32-14-5-15-33-82)77-46-66-107-100(68-77)98-37-18-21-40-106(98)115-107/h1-72H. The average Bonchev–Trinajstić information content (AvgIpc) is 1.56. The fraction of sp³-hybridized carbons (Fsp3) is 0. The number of para-hydroxylation sites is 7. The molecule has 0 spiro atoms. The van der Waals surface area contributed by atoms with Crippen molar-refractivity contribution < 1.29 is 8.83 Å². The highest BCUT2D eigenvalue weighted by Gasteiger charge is 2.25. The van der Waals surface area contributed by atoms with E-state index in [1.807, 2.05) is 24.3 Å². The number of rotatable bonds is 17. The van der Waals surface area contributed by atoms with E-state index in [-0.39, 0.29) is 0 Å². The summed E-state index contributed by atoms with van der Waals surface area (Å²) in [7, 11) is 0. The molecule has 22 aromatic rings. The lowest BCUT2D eigenvalue weighted by atomic mass is 10.0. The Morgan fingerprint density at radius 1 is 0.147 bits per heavy atom. The Morgan fingerprint density at radius 3 is 0.974 bits per heavy atom. The largest absolute Gasteiger partial charge is 0.456 e. The summed E-state index contributed by atoms with van der Waals surface area (Å²) < 4.78 is 17.6. The molecular formula is C108H72N6O2. The van der Waals surface area contributed by atoms with Crippen LogP contribution in [-0.4, -0.2) is 9.13 Å². The topological polar surface area (TPSA) is 49.1 Å². The zero-order valence-corrected chi connectivity index (χ0v) is 63.1. The van der Waals surface area contributed by atoms with Crippen LogP contribution in [0, 0.1) is 0 Å². The van der Waals surface area contributed by atoms with Gasteiger partial charge in [0.15, 0.2) is 0 Å². The lowest BCUT2D eigenvalue weighted by molar-refractivity contribution is 0.668. The van der Waals surface area contributed by atoms with Crippen LogP contribution in [0.2, 0.25) is 0 Å². The lowest BCUT2D eigenvalue weighted by Crippen LogP contribution is -2.12. The minimum atomic E-state index is 0.843. The highest BCUT2D eigenvalue weighted by molar-refractivity contribution is 6.14. The van der Waals surface area contributed by atoms with Crippen LogP contribution < -0.4 is 19.6 Å². The predicted octanol–water partition coefficient (Wildman–Crippen LogP) is 30.6. The Kier molecular flexibility index (Phi) is 16.4. The molecule has 0 saturated carbocycles. The van der Waals surface area contributed by atoms with Crippen LogP contribution in [0.15, 0.2) is 446 Å². The third-order valence-corrected chi connectivity index (χ3v) is 22.8. The van der Waals surface area contributed by atoms with E-state index in [9.17, 15) is 0 Å². The fourth-order valence-electron chi connectivity index (χ4n) is 17.4. The molecule has 22 rings (SSSR count). The Labute approximate surface area is 670 Å². The Hall–Kier alpha value is -15.6. The number of hydrogen-bond donors (Lipinski definition) is 0. The van der Waals surface area contributed by atoms with Crippen molar-refractivity contribution in [3.63, 3.8) is 0 Å². The molecule has 0 amide bonds. The van der Waals surface area contributed by atoms with Gasteiger partial charge in [-0.3, -0.25) is 0 Å². The molecule has 546 valence electrons. The molecule has 0 aliphatic carbocycles. The van der Waals surface area contributed by atoms with E-state index in [2.05, 4.69) is 441 Å². The van der Waals surface area contributed by atoms with Gasteiger partial charge < -0.3 is 37.6 Å². The highest BCUT2D eigenvalue weighted by atomic mass is 16.3. The Balaban J connectivity index is 0.587. The van der Waals surface area contributed by atoms with Gasteiger partial charge in [-0.05, 0) is 240 Å². The minimum absolute atomic E-state index is 0.843. The van der Waals surface area contributed by atoms with Crippen LogP contribution in [0.3, 0.4) is 0 Å². The molecule has 116 heavy (non-hydrogen) atoms. The zero-order chi connectivity index (χ0) is 76.6. The second-order valence-electron chi connectivity index (χ2n) is 29.6. The fourth-order valence-corrected chi connectivity index (χ4v) is 17.4. The normalized spacial score (nSPS) is 11.6. The van der Waals surface area contributed by atoms with Crippen LogP contribution >= 0.6 is 0 Å². The molecule has 8 nitrogen and oxygen atoms in total. The molecule has 0 radical (unpaired) electrons. The summed E-state index contributed by atoms with van der Waals surface area (Å²) in [5.74, 6) is 0. The second kappa shape index (κ2) is 28.3.